The van der Waals surface area contributed by atoms with Crippen LogP contribution in [0.5, 0.6) is 5.75 Å². The summed E-state index contributed by atoms with van der Waals surface area (Å²) >= 11 is 0. The van der Waals surface area contributed by atoms with E-state index < -0.39 is 5.97 Å². The van der Waals surface area contributed by atoms with Gasteiger partial charge in [-0.05, 0) is 54.2 Å². The molecule has 0 saturated carbocycles. The average molecular weight is 411 g/mol. The topological polar surface area (TPSA) is 65.1 Å². The molecule has 30 heavy (non-hydrogen) atoms. The summed E-state index contributed by atoms with van der Waals surface area (Å²) in [4.78, 5) is 27.2. The molecule has 1 atom stereocenters. The molecule has 2 aromatic rings. The minimum atomic E-state index is -0.404. The highest BCUT2D eigenvalue weighted by Crippen LogP contribution is 2.32. The van der Waals surface area contributed by atoms with Crippen LogP contribution < -0.4 is 9.64 Å². The van der Waals surface area contributed by atoms with Gasteiger partial charge in [-0.3, -0.25) is 0 Å². The maximum absolute atomic E-state index is 13.0. The van der Waals surface area contributed by atoms with Crippen molar-refractivity contribution in [2.24, 2.45) is 0 Å². The van der Waals surface area contributed by atoms with Gasteiger partial charge >= 0.3 is 11.9 Å². The van der Waals surface area contributed by atoms with E-state index in [1.807, 2.05) is 47.4 Å². The van der Waals surface area contributed by atoms with E-state index in [-0.39, 0.29) is 24.5 Å². The zero-order chi connectivity index (χ0) is 21.7. The van der Waals surface area contributed by atoms with Crippen molar-refractivity contribution in [3.8, 4) is 5.75 Å². The molecule has 1 aliphatic rings. The van der Waals surface area contributed by atoms with Crippen molar-refractivity contribution < 1.29 is 23.8 Å². The average Bonchev–Trinajstić information content (AvgIpc) is 3.26. The molecule has 3 rings (SSSR count). The van der Waals surface area contributed by atoms with Gasteiger partial charge in [0.05, 0.1) is 25.5 Å². The van der Waals surface area contributed by atoms with Gasteiger partial charge in [-0.1, -0.05) is 32.0 Å². The second-order valence-electron chi connectivity index (χ2n) is 7.73. The third-order valence-corrected chi connectivity index (χ3v) is 5.47. The lowest BCUT2D eigenvalue weighted by Crippen LogP contribution is -2.37. The lowest BCUT2D eigenvalue weighted by Gasteiger charge is -2.27. The van der Waals surface area contributed by atoms with Crippen LogP contribution in [0, 0.1) is 0 Å². The Balaban J connectivity index is 1.85. The van der Waals surface area contributed by atoms with E-state index in [4.69, 9.17) is 14.2 Å². The van der Waals surface area contributed by atoms with Crippen molar-refractivity contribution in [1.29, 1.82) is 0 Å². The van der Waals surface area contributed by atoms with E-state index in [0.29, 0.717) is 24.2 Å². The molecule has 0 amide bonds. The maximum atomic E-state index is 13.0. The number of rotatable bonds is 7. The second kappa shape index (κ2) is 9.65. The fourth-order valence-electron chi connectivity index (χ4n) is 3.71. The normalized spacial score (nSPS) is 15.9. The monoisotopic (exact) mass is 411 g/mol. The first-order chi connectivity index (χ1) is 14.4. The van der Waals surface area contributed by atoms with Gasteiger partial charge in [-0.2, -0.15) is 0 Å². The molecule has 0 bridgehead atoms. The van der Waals surface area contributed by atoms with Crippen LogP contribution in [-0.4, -0.2) is 38.7 Å². The molecule has 6 heteroatoms. The van der Waals surface area contributed by atoms with Gasteiger partial charge in [-0.25, -0.2) is 9.59 Å². The largest absolute Gasteiger partial charge is 0.497 e. The number of nitrogens with zero attached hydrogens (tertiary/aromatic N) is 1. The highest BCUT2D eigenvalue weighted by atomic mass is 16.5. The molecule has 0 aliphatic carbocycles. The van der Waals surface area contributed by atoms with Gasteiger partial charge < -0.3 is 19.1 Å². The van der Waals surface area contributed by atoms with Crippen LogP contribution >= 0.6 is 0 Å². The Kier molecular flexibility index (Phi) is 6.98. The number of ether oxygens (including phenoxy) is 3. The Morgan fingerprint density at radius 2 is 1.83 bits per heavy atom. The fraction of sp³-hybridized carbons (Fsp3) is 0.417. The Morgan fingerprint density at radius 3 is 2.47 bits per heavy atom. The third-order valence-electron chi connectivity index (χ3n) is 5.47. The van der Waals surface area contributed by atoms with Gasteiger partial charge in [0.15, 0.2) is 0 Å². The van der Waals surface area contributed by atoms with E-state index in [1.54, 1.807) is 7.11 Å². The quantitative estimate of drug-likeness (QED) is 0.633. The first-order valence-corrected chi connectivity index (χ1v) is 10.2. The maximum Gasteiger partial charge on any atom is 0.340 e. The zero-order valence-corrected chi connectivity index (χ0v) is 18.0. The smallest absolute Gasteiger partial charge is 0.340 e. The predicted molar refractivity (Wildman–Crippen MR) is 115 cm³/mol. The van der Waals surface area contributed by atoms with Gasteiger partial charge in [0.2, 0.25) is 0 Å². The van der Waals surface area contributed by atoms with Gasteiger partial charge in [0.1, 0.15) is 18.4 Å². The van der Waals surface area contributed by atoms with Crippen molar-refractivity contribution in [1.82, 2.24) is 0 Å². The van der Waals surface area contributed by atoms with Crippen LogP contribution in [0.1, 0.15) is 54.1 Å². The van der Waals surface area contributed by atoms with Crippen LogP contribution in [0.3, 0.4) is 0 Å². The molecule has 160 valence electrons. The van der Waals surface area contributed by atoms with Crippen LogP contribution in [0.4, 0.5) is 5.69 Å². The molecular weight excluding hydrogens is 382 g/mol. The molecule has 2 aromatic carbocycles. The number of anilines is 1. The molecule has 1 aliphatic heterocycles. The summed E-state index contributed by atoms with van der Waals surface area (Å²) in [6.45, 7) is 5.01. The molecule has 1 fully saturated rings. The second-order valence-corrected chi connectivity index (χ2v) is 7.73. The minimum absolute atomic E-state index is 0.161. The molecule has 0 N–H and O–H groups in total. The standard InChI is InChI=1S/C24H29NO5/c1-16(2)18-9-12-21(25-13-5-6-22(25)24(27)29-4)20(14-18)23(26)30-15-17-7-10-19(28-3)11-8-17/h7-12,14,16,22H,5-6,13,15H2,1-4H3/t22-/m0/s1. The van der Waals surface area contributed by atoms with E-state index in [0.717, 1.165) is 23.3 Å². The molecule has 6 nitrogen and oxygen atoms in total. The number of hydrogen-bond acceptors (Lipinski definition) is 6. The number of benzene rings is 2. The van der Waals surface area contributed by atoms with E-state index in [1.165, 1.54) is 7.11 Å². The van der Waals surface area contributed by atoms with E-state index in [9.17, 15) is 9.59 Å². The lowest BCUT2D eigenvalue weighted by atomic mass is 9.99. The first-order valence-electron chi connectivity index (χ1n) is 10.2. The van der Waals surface area contributed by atoms with E-state index in [2.05, 4.69) is 13.8 Å². The number of hydrogen-bond donors (Lipinski definition) is 0. The Bertz CT molecular complexity index is 891. The Hall–Kier alpha value is -3.02. The molecule has 0 unspecified atom stereocenters. The molecule has 0 radical (unpaired) electrons. The van der Waals surface area contributed by atoms with Crippen LogP contribution in [0.25, 0.3) is 0 Å². The van der Waals surface area contributed by atoms with Crippen molar-refractivity contribution in [2.75, 3.05) is 25.7 Å². The summed E-state index contributed by atoms with van der Waals surface area (Å²) in [5.74, 6) is 0.332. The van der Waals surface area contributed by atoms with Crippen LogP contribution in [-0.2, 0) is 20.9 Å². The zero-order valence-electron chi connectivity index (χ0n) is 18.0. The Morgan fingerprint density at radius 1 is 1.10 bits per heavy atom. The number of methoxy groups -OCH3 is 2. The molecule has 1 heterocycles. The van der Waals surface area contributed by atoms with Crippen LogP contribution in [0.2, 0.25) is 0 Å². The van der Waals surface area contributed by atoms with Gasteiger partial charge in [-0.15, -0.1) is 0 Å². The molecular formula is C24H29NO5. The first kappa shape index (κ1) is 21.7. The summed E-state index contributed by atoms with van der Waals surface area (Å²) < 4.78 is 15.7. The molecule has 0 aromatic heterocycles. The summed E-state index contributed by atoms with van der Waals surface area (Å²) in [5, 5.41) is 0. The summed E-state index contributed by atoms with van der Waals surface area (Å²) in [6.07, 6.45) is 1.57. The SMILES string of the molecule is COC(=O)[C@@H]1CCCN1c1ccc(C(C)C)cc1C(=O)OCc1ccc(OC)cc1. The van der Waals surface area contributed by atoms with Gasteiger partial charge in [0.25, 0.3) is 0 Å². The van der Waals surface area contributed by atoms with Crippen molar-refractivity contribution in [2.45, 2.75) is 45.3 Å². The van der Waals surface area contributed by atoms with Crippen molar-refractivity contribution in [3.05, 3.63) is 59.2 Å². The predicted octanol–water partition coefficient (Wildman–Crippen LogP) is 4.32. The minimum Gasteiger partial charge on any atom is -0.497 e. The fourth-order valence-corrected chi connectivity index (χ4v) is 3.71. The highest BCUT2D eigenvalue weighted by molar-refractivity contribution is 5.97. The lowest BCUT2D eigenvalue weighted by molar-refractivity contribution is -0.141. The summed E-state index contributed by atoms with van der Waals surface area (Å²) in [6, 6.07) is 12.8. The summed E-state index contributed by atoms with van der Waals surface area (Å²) in [5.41, 5.74) is 3.11. The van der Waals surface area contributed by atoms with Crippen molar-refractivity contribution >= 4 is 17.6 Å². The van der Waals surface area contributed by atoms with E-state index >= 15 is 0 Å². The summed E-state index contributed by atoms with van der Waals surface area (Å²) in [7, 11) is 3.00. The number of esters is 2. The third kappa shape index (κ3) is 4.75. The molecule has 1 saturated heterocycles. The van der Waals surface area contributed by atoms with Gasteiger partial charge in [0, 0.05) is 6.54 Å². The number of carbonyl (C=O) groups is 2. The Labute approximate surface area is 177 Å². The molecule has 0 spiro atoms. The number of carbonyl (C=O) groups excluding carboxylic acids is 2. The van der Waals surface area contributed by atoms with Crippen LogP contribution in [0.15, 0.2) is 42.5 Å². The van der Waals surface area contributed by atoms with Crippen molar-refractivity contribution in [3.63, 3.8) is 0 Å². The highest BCUT2D eigenvalue weighted by Gasteiger charge is 2.34.